The number of nitrogens with zero attached hydrogens (tertiary/aromatic N) is 2. The number of hydrogen-bond donors (Lipinski definition) is 0. The molecule has 0 atom stereocenters. The quantitative estimate of drug-likeness (QED) is 0.189. The molecule has 0 aliphatic carbocycles. The van der Waals surface area contributed by atoms with Crippen molar-refractivity contribution in [1.29, 1.82) is 0 Å². The molecule has 4 heteroatoms. The third kappa shape index (κ3) is 4.84. The van der Waals surface area contributed by atoms with Gasteiger partial charge in [-0.05, 0) is 76.9 Å². The number of rotatable bonds is 6. The fourth-order valence-electron chi connectivity index (χ4n) is 6.41. The normalized spacial score (nSPS) is 11.4. The zero-order chi connectivity index (χ0) is 31.2. The second-order valence-electron chi connectivity index (χ2n) is 11.6. The number of benzene rings is 7. The number of aromatic nitrogens is 1. The fourth-order valence-corrected chi connectivity index (χ4v) is 6.41. The summed E-state index contributed by atoms with van der Waals surface area (Å²) in [7, 11) is 0. The number of hydrogen-bond acceptors (Lipinski definition) is 4. The summed E-state index contributed by atoms with van der Waals surface area (Å²) in [5, 5.41) is 2.00. The summed E-state index contributed by atoms with van der Waals surface area (Å²) in [6.07, 6.45) is 0. The average molecular weight is 605 g/mol. The first-order valence-electron chi connectivity index (χ1n) is 15.7. The Morgan fingerprint density at radius 1 is 0.404 bits per heavy atom. The molecule has 2 heterocycles. The topological polar surface area (TPSA) is 42.4 Å². The lowest BCUT2D eigenvalue weighted by Crippen LogP contribution is -2.10. The predicted molar refractivity (Wildman–Crippen MR) is 192 cm³/mol. The minimum atomic E-state index is 0.596. The Morgan fingerprint density at radius 2 is 0.957 bits per heavy atom. The molecule has 0 saturated heterocycles. The first kappa shape index (κ1) is 27.0. The molecule has 9 aromatic rings. The zero-order valence-electron chi connectivity index (χ0n) is 25.4. The van der Waals surface area contributed by atoms with Gasteiger partial charge in [-0.2, -0.15) is 0 Å². The van der Waals surface area contributed by atoms with Crippen LogP contribution in [-0.4, -0.2) is 4.98 Å². The first-order valence-corrected chi connectivity index (χ1v) is 15.7. The molecule has 0 unspecified atom stereocenters. The minimum absolute atomic E-state index is 0.596. The van der Waals surface area contributed by atoms with Crippen LogP contribution in [0.5, 0.6) is 0 Å². The Morgan fingerprint density at radius 3 is 1.62 bits per heavy atom. The van der Waals surface area contributed by atoms with Gasteiger partial charge in [-0.3, -0.25) is 0 Å². The molecule has 2 aromatic heterocycles. The standard InChI is InChI=1S/C43H28N2O2/c1-4-11-29(12-5-1)30-19-21-31(22-20-30)32-23-25-35(26-24-32)45(34-15-8-3-9-16-34)38-17-10-18-39-42(38)36-27-41-37(28-40(36)46-39)44-43(47-41)33-13-6-2-7-14-33/h1-28H. The maximum absolute atomic E-state index is 6.45. The summed E-state index contributed by atoms with van der Waals surface area (Å²) in [4.78, 5) is 7.06. The van der Waals surface area contributed by atoms with Gasteiger partial charge in [0.15, 0.2) is 5.58 Å². The SMILES string of the molecule is c1ccc(-c2ccc(-c3ccc(N(c4ccccc4)c4cccc5oc6cc7nc(-c8ccccc8)oc7cc6c45)cc3)cc2)cc1. The van der Waals surface area contributed by atoms with E-state index >= 15 is 0 Å². The fraction of sp³-hybridized carbons (Fsp3) is 0. The summed E-state index contributed by atoms with van der Waals surface area (Å²) in [6, 6.07) is 58.7. The van der Waals surface area contributed by atoms with Crippen molar-refractivity contribution in [2.24, 2.45) is 0 Å². The van der Waals surface area contributed by atoms with E-state index in [1.807, 2.05) is 54.6 Å². The third-order valence-corrected chi connectivity index (χ3v) is 8.71. The van der Waals surface area contributed by atoms with Crippen LogP contribution in [0.3, 0.4) is 0 Å². The highest BCUT2D eigenvalue weighted by molar-refractivity contribution is 6.15. The summed E-state index contributed by atoms with van der Waals surface area (Å²) < 4.78 is 12.7. The van der Waals surface area contributed by atoms with Crippen molar-refractivity contribution in [3.05, 3.63) is 170 Å². The van der Waals surface area contributed by atoms with Gasteiger partial charge in [-0.15, -0.1) is 0 Å². The number of para-hydroxylation sites is 1. The molecule has 0 aliphatic heterocycles. The van der Waals surface area contributed by atoms with Crippen LogP contribution >= 0.6 is 0 Å². The highest BCUT2D eigenvalue weighted by Gasteiger charge is 2.21. The lowest BCUT2D eigenvalue weighted by molar-refractivity contribution is 0.620. The van der Waals surface area contributed by atoms with E-state index in [1.165, 1.54) is 16.7 Å². The van der Waals surface area contributed by atoms with Gasteiger partial charge in [0.2, 0.25) is 5.89 Å². The van der Waals surface area contributed by atoms with Crippen molar-refractivity contribution in [2.75, 3.05) is 4.90 Å². The van der Waals surface area contributed by atoms with Gasteiger partial charge < -0.3 is 13.7 Å². The molecule has 0 saturated carbocycles. The van der Waals surface area contributed by atoms with E-state index < -0.39 is 0 Å². The zero-order valence-corrected chi connectivity index (χ0v) is 25.4. The molecule has 47 heavy (non-hydrogen) atoms. The van der Waals surface area contributed by atoms with Crippen molar-refractivity contribution in [3.8, 4) is 33.7 Å². The van der Waals surface area contributed by atoms with E-state index in [0.29, 0.717) is 5.89 Å². The molecule has 0 radical (unpaired) electrons. The van der Waals surface area contributed by atoms with Gasteiger partial charge in [-0.1, -0.05) is 109 Å². The lowest BCUT2D eigenvalue weighted by Gasteiger charge is -2.26. The van der Waals surface area contributed by atoms with Crippen LogP contribution < -0.4 is 4.90 Å². The molecule has 4 nitrogen and oxygen atoms in total. The molecule has 9 rings (SSSR count). The van der Waals surface area contributed by atoms with Crippen molar-refractivity contribution in [2.45, 2.75) is 0 Å². The van der Waals surface area contributed by atoms with Crippen LogP contribution in [0.15, 0.2) is 179 Å². The third-order valence-electron chi connectivity index (χ3n) is 8.71. The maximum atomic E-state index is 6.45. The van der Waals surface area contributed by atoms with Crippen molar-refractivity contribution in [3.63, 3.8) is 0 Å². The minimum Gasteiger partial charge on any atom is -0.456 e. The van der Waals surface area contributed by atoms with Crippen LogP contribution in [-0.2, 0) is 0 Å². The van der Waals surface area contributed by atoms with Gasteiger partial charge in [0.25, 0.3) is 0 Å². The van der Waals surface area contributed by atoms with Crippen LogP contribution in [0.1, 0.15) is 0 Å². The van der Waals surface area contributed by atoms with E-state index in [1.54, 1.807) is 0 Å². The Hall–Kier alpha value is -6.39. The van der Waals surface area contributed by atoms with Crippen LogP contribution in [0, 0.1) is 0 Å². The number of furan rings is 1. The van der Waals surface area contributed by atoms with Gasteiger partial charge in [-0.25, -0.2) is 4.98 Å². The number of oxazole rings is 1. The monoisotopic (exact) mass is 604 g/mol. The maximum Gasteiger partial charge on any atom is 0.227 e. The molecule has 7 aromatic carbocycles. The van der Waals surface area contributed by atoms with E-state index in [2.05, 4.69) is 120 Å². The molecule has 0 fully saturated rings. The van der Waals surface area contributed by atoms with E-state index in [0.717, 1.165) is 61.2 Å². The molecular formula is C43H28N2O2. The van der Waals surface area contributed by atoms with Crippen molar-refractivity contribution in [1.82, 2.24) is 4.98 Å². The number of anilines is 3. The predicted octanol–water partition coefficient (Wildman–Crippen LogP) is 12.2. The summed E-state index contributed by atoms with van der Waals surface area (Å²) in [5.74, 6) is 0.596. The van der Waals surface area contributed by atoms with Crippen LogP contribution in [0.2, 0.25) is 0 Å². The van der Waals surface area contributed by atoms with Crippen molar-refractivity contribution < 1.29 is 8.83 Å². The van der Waals surface area contributed by atoms with Crippen molar-refractivity contribution >= 4 is 50.1 Å². The van der Waals surface area contributed by atoms with Gasteiger partial charge in [0.1, 0.15) is 16.7 Å². The van der Waals surface area contributed by atoms with Gasteiger partial charge in [0.05, 0.1) is 11.1 Å². The molecule has 0 bridgehead atoms. The van der Waals surface area contributed by atoms with Gasteiger partial charge >= 0.3 is 0 Å². The second-order valence-corrected chi connectivity index (χ2v) is 11.6. The Balaban J connectivity index is 1.15. The molecular weight excluding hydrogens is 576 g/mol. The molecule has 222 valence electrons. The molecule has 0 amide bonds. The highest BCUT2D eigenvalue weighted by atomic mass is 16.4. The van der Waals surface area contributed by atoms with Crippen LogP contribution in [0.25, 0.3) is 66.7 Å². The van der Waals surface area contributed by atoms with Gasteiger partial charge in [0, 0.05) is 28.4 Å². The molecule has 0 spiro atoms. The smallest absolute Gasteiger partial charge is 0.227 e. The lowest BCUT2D eigenvalue weighted by atomic mass is 10.00. The number of fused-ring (bicyclic) bond motifs is 4. The second kappa shape index (κ2) is 11.2. The average Bonchev–Trinajstić information content (AvgIpc) is 3.73. The van der Waals surface area contributed by atoms with E-state index in [-0.39, 0.29) is 0 Å². The summed E-state index contributed by atoms with van der Waals surface area (Å²) in [5.41, 5.74) is 11.9. The Bertz CT molecular complexity index is 2480. The summed E-state index contributed by atoms with van der Waals surface area (Å²) in [6.45, 7) is 0. The van der Waals surface area contributed by atoms with E-state index in [9.17, 15) is 0 Å². The Labute approximate surface area is 271 Å². The van der Waals surface area contributed by atoms with Crippen LogP contribution in [0.4, 0.5) is 17.1 Å². The highest BCUT2D eigenvalue weighted by Crippen LogP contribution is 2.44. The first-order chi connectivity index (χ1) is 23.3. The van der Waals surface area contributed by atoms with E-state index in [4.69, 9.17) is 13.8 Å². The largest absolute Gasteiger partial charge is 0.456 e. The summed E-state index contributed by atoms with van der Waals surface area (Å²) >= 11 is 0. The molecule has 0 aliphatic rings. The Kier molecular flexibility index (Phi) is 6.43. The molecule has 0 N–H and O–H groups in total.